The zero-order chi connectivity index (χ0) is 16.4. The fraction of sp³-hybridized carbons (Fsp3) is 0.294. The van der Waals surface area contributed by atoms with Crippen LogP contribution < -0.4 is 10.2 Å². The van der Waals surface area contributed by atoms with Crippen molar-refractivity contribution in [2.24, 2.45) is 0 Å². The Morgan fingerprint density at radius 1 is 1.35 bits per heavy atom. The zero-order valence-corrected chi connectivity index (χ0v) is 13.9. The zero-order valence-electron chi connectivity index (χ0n) is 13.0. The van der Waals surface area contributed by atoms with E-state index in [0.717, 1.165) is 16.3 Å². The Bertz CT molecular complexity index is 741. The standard InChI is InChI=1S/C17H18N2O3S/c1-11-7-8-14(22-11)12(2)18-16(20)9-19-13-5-3-4-6-15(13)23-10-17(19)21/h3-8,12H,9-10H2,1-2H3,(H,18,20)/t12-/m1/s1. The molecule has 3 rings (SSSR count). The Labute approximate surface area is 139 Å². The van der Waals surface area contributed by atoms with Crippen molar-refractivity contribution in [3.05, 3.63) is 47.9 Å². The van der Waals surface area contributed by atoms with Crippen molar-refractivity contribution < 1.29 is 14.0 Å². The summed E-state index contributed by atoms with van der Waals surface area (Å²) in [4.78, 5) is 27.0. The number of benzene rings is 1. The predicted octanol–water partition coefficient (Wildman–Crippen LogP) is 2.90. The van der Waals surface area contributed by atoms with E-state index in [1.54, 1.807) is 4.90 Å². The molecule has 1 N–H and O–H groups in total. The van der Waals surface area contributed by atoms with E-state index < -0.39 is 0 Å². The monoisotopic (exact) mass is 330 g/mol. The molecule has 1 aromatic heterocycles. The number of nitrogens with one attached hydrogen (secondary N) is 1. The number of carbonyl (C=O) groups excluding carboxylic acids is 2. The summed E-state index contributed by atoms with van der Waals surface area (Å²) in [5, 5.41) is 2.87. The number of furan rings is 1. The maximum atomic E-state index is 12.3. The lowest BCUT2D eigenvalue weighted by Crippen LogP contribution is -2.43. The molecule has 1 atom stereocenters. The van der Waals surface area contributed by atoms with Crippen LogP contribution in [0, 0.1) is 6.92 Å². The number of anilines is 1. The lowest BCUT2D eigenvalue weighted by molar-refractivity contribution is -0.123. The summed E-state index contributed by atoms with van der Waals surface area (Å²) in [5.74, 6) is 1.61. The van der Waals surface area contributed by atoms with E-state index in [1.807, 2.05) is 50.2 Å². The third kappa shape index (κ3) is 3.42. The first-order chi connectivity index (χ1) is 11.0. The number of hydrogen-bond donors (Lipinski definition) is 1. The Hall–Kier alpha value is -2.21. The summed E-state index contributed by atoms with van der Waals surface area (Å²) in [5.41, 5.74) is 0.797. The minimum atomic E-state index is -0.235. The summed E-state index contributed by atoms with van der Waals surface area (Å²) in [6.07, 6.45) is 0. The number of rotatable bonds is 4. The van der Waals surface area contributed by atoms with Crippen molar-refractivity contribution in [1.82, 2.24) is 5.32 Å². The average Bonchev–Trinajstić information content (AvgIpc) is 2.97. The number of carbonyl (C=O) groups is 2. The minimum absolute atomic E-state index is 0.0143. The molecule has 0 bridgehead atoms. The summed E-state index contributed by atoms with van der Waals surface area (Å²) in [6.45, 7) is 3.73. The van der Waals surface area contributed by atoms with Crippen LogP contribution in [0.4, 0.5) is 5.69 Å². The Morgan fingerprint density at radius 3 is 2.87 bits per heavy atom. The van der Waals surface area contributed by atoms with Crippen molar-refractivity contribution in [3.8, 4) is 0 Å². The van der Waals surface area contributed by atoms with Crippen LogP contribution >= 0.6 is 11.8 Å². The summed E-state index contributed by atoms with van der Waals surface area (Å²) >= 11 is 1.50. The lowest BCUT2D eigenvalue weighted by atomic mass is 10.2. The highest BCUT2D eigenvalue weighted by Gasteiger charge is 2.26. The molecule has 1 aliphatic heterocycles. The first-order valence-corrected chi connectivity index (χ1v) is 8.41. The average molecular weight is 330 g/mol. The predicted molar refractivity (Wildman–Crippen MR) is 89.5 cm³/mol. The first kappa shape index (κ1) is 15.7. The number of para-hydroxylation sites is 1. The molecule has 0 fully saturated rings. The Kier molecular flexibility index (Phi) is 4.43. The van der Waals surface area contributed by atoms with Gasteiger partial charge in [-0.3, -0.25) is 9.59 Å². The fourth-order valence-electron chi connectivity index (χ4n) is 2.52. The highest BCUT2D eigenvalue weighted by atomic mass is 32.2. The molecule has 2 aromatic rings. The Balaban J connectivity index is 1.69. The maximum Gasteiger partial charge on any atom is 0.240 e. The molecule has 2 heterocycles. The van der Waals surface area contributed by atoms with Gasteiger partial charge in [0.1, 0.15) is 18.1 Å². The van der Waals surface area contributed by atoms with Gasteiger partial charge in [-0.2, -0.15) is 0 Å². The first-order valence-electron chi connectivity index (χ1n) is 7.42. The number of amides is 2. The van der Waals surface area contributed by atoms with Crippen LogP contribution in [0.25, 0.3) is 0 Å². The number of aryl methyl sites for hydroxylation is 1. The quantitative estimate of drug-likeness (QED) is 0.936. The molecule has 1 aromatic carbocycles. The molecule has 2 amide bonds. The van der Waals surface area contributed by atoms with Gasteiger partial charge >= 0.3 is 0 Å². The smallest absolute Gasteiger partial charge is 0.240 e. The molecular weight excluding hydrogens is 312 g/mol. The van der Waals surface area contributed by atoms with Gasteiger partial charge in [0.15, 0.2) is 0 Å². The van der Waals surface area contributed by atoms with Gasteiger partial charge in [0.05, 0.1) is 17.5 Å². The van der Waals surface area contributed by atoms with Crippen LogP contribution in [0.5, 0.6) is 0 Å². The van der Waals surface area contributed by atoms with Crippen LogP contribution in [0.3, 0.4) is 0 Å². The summed E-state index contributed by atoms with van der Waals surface area (Å²) < 4.78 is 5.51. The van der Waals surface area contributed by atoms with E-state index in [4.69, 9.17) is 4.42 Å². The second-order valence-electron chi connectivity index (χ2n) is 5.47. The van der Waals surface area contributed by atoms with E-state index in [0.29, 0.717) is 11.5 Å². The van der Waals surface area contributed by atoms with Crippen molar-refractivity contribution in [3.63, 3.8) is 0 Å². The molecule has 1 aliphatic rings. The van der Waals surface area contributed by atoms with E-state index in [-0.39, 0.29) is 24.4 Å². The number of hydrogen-bond acceptors (Lipinski definition) is 4. The largest absolute Gasteiger partial charge is 0.464 e. The van der Waals surface area contributed by atoms with Crippen LogP contribution in [0.2, 0.25) is 0 Å². The van der Waals surface area contributed by atoms with E-state index in [9.17, 15) is 9.59 Å². The van der Waals surface area contributed by atoms with Gasteiger partial charge in [-0.1, -0.05) is 12.1 Å². The van der Waals surface area contributed by atoms with Crippen molar-refractivity contribution in [1.29, 1.82) is 0 Å². The third-order valence-corrected chi connectivity index (χ3v) is 4.72. The molecular formula is C17H18N2O3S. The molecule has 0 saturated heterocycles. The van der Waals surface area contributed by atoms with Crippen molar-refractivity contribution >= 4 is 29.3 Å². The summed E-state index contributed by atoms with van der Waals surface area (Å²) in [6, 6.07) is 11.1. The van der Waals surface area contributed by atoms with Gasteiger partial charge in [-0.05, 0) is 38.1 Å². The minimum Gasteiger partial charge on any atom is -0.464 e. The second-order valence-corrected chi connectivity index (χ2v) is 6.49. The maximum absolute atomic E-state index is 12.3. The SMILES string of the molecule is Cc1ccc([C@@H](C)NC(=O)CN2C(=O)CSc3ccccc32)o1. The van der Waals surface area contributed by atoms with Gasteiger partial charge in [0.25, 0.3) is 0 Å². The number of thioether (sulfide) groups is 1. The molecule has 6 heteroatoms. The van der Waals surface area contributed by atoms with E-state index >= 15 is 0 Å². The molecule has 120 valence electrons. The van der Waals surface area contributed by atoms with Gasteiger partial charge in [-0.25, -0.2) is 0 Å². The highest BCUT2D eigenvalue weighted by Crippen LogP contribution is 2.34. The molecule has 0 aliphatic carbocycles. The molecule has 0 radical (unpaired) electrons. The normalized spacial score (nSPS) is 15.2. The molecule has 5 nitrogen and oxygen atoms in total. The van der Waals surface area contributed by atoms with Crippen LogP contribution in [0.1, 0.15) is 24.5 Å². The number of fused-ring (bicyclic) bond motifs is 1. The molecule has 0 saturated carbocycles. The third-order valence-electron chi connectivity index (χ3n) is 3.68. The van der Waals surface area contributed by atoms with Crippen LogP contribution in [0.15, 0.2) is 45.7 Å². The summed E-state index contributed by atoms with van der Waals surface area (Å²) in [7, 11) is 0. The fourth-order valence-corrected chi connectivity index (χ4v) is 3.45. The van der Waals surface area contributed by atoms with Crippen LogP contribution in [-0.4, -0.2) is 24.1 Å². The van der Waals surface area contributed by atoms with E-state index in [2.05, 4.69) is 5.32 Å². The van der Waals surface area contributed by atoms with E-state index in [1.165, 1.54) is 11.8 Å². The molecule has 23 heavy (non-hydrogen) atoms. The van der Waals surface area contributed by atoms with Crippen LogP contribution in [-0.2, 0) is 9.59 Å². The molecule has 0 unspecified atom stereocenters. The van der Waals surface area contributed by atoms with Gasteiger partial charge in [0.2, 0.25) is 11.8 Å². The van der Waals surface area contributed by atoms with Crippen molar-refractivity contribution in [2.75, 3.05) is 17.2 Å². The Morgan fingerprint density at radius 2 is 2.13 bits per heavy atom. The van der Waals surface area contributed by atoms with Gasteiger partial charge in [0, 0.05) is 4.90 Å². The van der Waals surface area contributed by atoms with Gasteiger partial charge in [-0.15, -0.1) is 11.8 Å². The highest BCUT2D eigenvalue weighted by molar-refractivity contribution is 8.00. The van der Waals surface area contributed by atoms with Gasteiger partial charge < -0.3 is 14.6 Å². The second kappa shape index (κ2) is 6.50. The lowest BCUT2D eigenvalue weighted by Gasteiger charge is -2.28. The molecule has 0 spiro atoms. The topological polar surface area (TPSA) is 62.6 Å². The number of nitrogens with zero attached hydrogens (tertiary/aromatic N) is 1. The van der Waals surface area contributed by atoms with Crippen molar-refractivity contribution in [2.45, 2.75) is 24.8 Å².